The number of carbonyl (C=O) groups excluding carboxylic acids is 1. The van der Waals surface area contributed by atoms with Crippen molar-refractivity contribution in [2.45, 2.75) is 25.8 Å². The standard InChI is InChI=1S/C22H24N4O2/c1-2-26-14-6-9-19(26)15-23-21(27)17-10-12-18(13-11-17)22-24-20(25-28-22)16-7-4-3-5-8-16/h3-5,7-8,10-13,19H,2,6,9,14-15H2,1H3,(H,23,27)/t19-/m0/s1. The molecule has 1 aromatic heterocycles. The summed E-state index contributed by atoms with van der Waals surface area (Å²) in [6.45, 7) is 5.02. The molecule has 2 aromatic carbocycles. The number of carbonyl (C=O) groups is 1. The van der Waals surface area contributed by atoms with Crippen molar-refractivity contribution in [3.63, 3.8) is 0 Å². The van der Waals surface area contributed by atoms with E-state index in [-0.39, 0.29) is 5.91 Å². The zero-order valence-corrected chi connectivity index (χ0v) is 16.0. The lowest BCUT2D eigenvalue weighted by molar-refractivity contribution is 0.0941. The lowest BCUT2D eigenvalue weighted by Gasteiger charge is -2.22. The van der Waals surface area contributed by atoms with Crippen LogP contribution in [0.25, 0.3) is 22.8 Å². The average Bonchev–Trinajstić information content (AvgIpc) is 3.42. The van der Waals surface area contributed by atoms with Crippen LogP contribution in [0.3, 0.4) is 0 Å². The van der Waals surface area contributed by atoms with Gasteiger partial charge in [0.25, 0.3) is 11.8 Å². The van der Waals surface area contributed by atoms with Gasteiger partial charge in [-0.3, -0.25) is 9.69 Å². The molecule has 1 aliphatic heterocycles. The van der Waals surface area contributed by atoms with Crippen LogP contribution in [0.15, 0.2) is 59.1 Å². The maximum absolute atomic E-state index is 12.5. The van der Waals surface area contributed by atoms with Crippen molar-refractivity contribution in [2.75, 3.05) is 19.6 Å². The predicted octanol–water partition coefficient (Wildman–Crippen LogP) is 3.62. The highest BCUT2D eigenvalue weighted by Gasteiger charge is 2.23. The molecule has 144 valence electrons. The van der Waals surface area contributed by atoms with Gasteiger partial charge >= 0.3 is 0 Å². The van der Waals surface area contributed by atoms with E-state index in [9.17, 15) is 4.79 Å². The van der Waals surface area contributed by atoms with E-state index in [0.717, 1.165) is 30.6 Å². The molecule has 0 saturated carbocycles. The van der Waals surface area contributed by atoms with Crippen molar-refractivity contribution in [1.29, 1.82) is 0 Å². The fourth-order valence-electron chi connectivity index (χ4n) is 3.66. The van der Waals surface area contributed by atoms with E-state index < -0.39 is 0 Å². The highest BCUT2D eigenvalue weighted by molar-refractivity contribution is 5.94. The fourth-order valence-corrected chi connectivity index (χ4v) is 3.66. The van der Waals surface area contributed by atoms with E-state index in [2.05, 4.69) is 27.3 Å². The Bertz CT molecular complexity index is 921. The molecule has 1 N–H and O–H groups in total. The van der Waals surface area contributed by atoms with Gasteiger partial charge in [-0.05, 0) is 50.2 Å². The van der Waals surface area contributed by atoms with Gasteiger partial charge < -0.3 is 9.84 Å². The van der Waals surface area contributed by atoms with Crippen LogP contribution in [0.2, 0.25) is 0 Å². The van der Waals surface area contributed by atoms with Gasteiger partial charge in [0.05, 0.1) is 0 Å². The maximum Gasteiger partial charge on any atom is 0.258 e. The Morgan fingerprint density at radius 2 is 1.93 bits per heavy atom. The van der Waals surface area contributed by atoms with Crippen molar-refractivity contribution in [1.82, 2.24) is 20.4 Å². The number of hydrogen-bond acceptors (Lipinski definition) is 5. The van der Waals surface area contributed by atoms with Gasteiger partial charge in [0, 0.05) is 29.3 Å². The van der Waals surface area contributed by atoms with E-state index in [4.69, 9.17) is 4.52 Å². The Hall–Kier alpha value is -2.99. The molecule has 0 spiro atoms. The largest absolute Gasteiger partial charge is 0.350 e. The molecule has 1 aliphatic rings. The quantitative estimate of drug-likeness (QED) is 0.711. The van der Waals surface area contributed by atoms with E-state index in [1.54, 1.807) is 12.1 Å². The first kappa shape index (κ1) is 18.4. The van der Waals surface area contributed by atoms with Crippen LogP contribution < -0.4 is 5.32 Å². The van der Waals surface area contributed by atoms with Crippen molar-refractivity contribution in [2.24, 2.45) is 0 Å². The third-order valence-corrected chi connectivity index (χ3v) is 5.26. The average molecular weight is 376 g/mol. The van der Waals surface area contributed by atoms with Crippen LogP contribution in [0.5, 0.6) is 0 Å². The number of likely N-dealkylation sites (tertiary alicyclic amines) is 1. The molecule has 2 heterocycles. The summed E-state index contributed by atoms with van der Waals surface area (Å²) >= 11 is 0. The Labute approximate surface area is 164 Å². The third kappa shape index (κ3) is 3.97. The number of hydrogen-bond donors (Lipinski definition) is 1. The van der Waals surface area contributed by atoms with Crippen LogP contribution in [0.1, 0.15) is 30.1 Å². The smallest absolute Gasteiger partial charge is 0.258 e. The maximum atomic E-state index is 12.5. The molecule has 0 bridgehead atoms. The monoisotopic (exact) mass is 376 g/mol. The number of aromatic nitrogens is 2. The lowest BCUT2D eigenvalue weighted by Crippen LogP contribution is -2.40. The first-order valence-corrected chi connectivity index (χ1v) is 9.76. The summed E-state index contributed by atoms with van der Waals surface area (Å²) in [5, 5.41) is 7.10. The van der Waals surface area contributed by atoms with Crippen LogP contribution in [-0.4, -0.2) is 46.6 Å². The zero-order valence-electron chi connectivity index (χ0n) is 16.0. The van der Waals surface area contributed by atoms with Gasteiger partial charge in [0.2, 0.25) is 5.82 Å². The minimum Gasteiger partial charge on any atom is -0.350 e. The topological polar surface area (TPSA) is 71.3 Å². The molecule has 3 aromatic rings. The van der Waals surface area contributed by atoms with E-state index in [1.165, 1.54) is 6.42 Å². The second kappa shape index (κ2) is 8.35. The van der Waals surface area contributed by atoms with Gasteiger partial charge in [-0.1, -0.05) is 42.4 Å². The Balaban J connectivity index is 1.40. The van der Waals surface area contributed by atoms with Gasteiger partial charge in [0.1, 0.15) is 0 Å². The van der Waals surface area contributed by atoms with Crippen LogP contribution >= 0.6 is 0 Å². The molecular weight excluding hydrogens is 352 g/mol. The summed E-state index contributed by atoms with van der Waals surface area (Å²) in [5.74, 6) is 0.940. The van der Waals surface area contributed by atoms with Gasteiger partial charge in [0.15, 0.2) is 0 Å². The lowest BCUT2D eigenvalue weighted by atomic mass is 10.1. The SMILES string of the molecule is CCN1CCC[C@H]1CNC(=O)c1ccc(-c2nc(-c3ccccc3)no2)cc1. The molecule has 1 atom stereocenters. The van der Waals surface area contributed by atoms with E-state index in [1.807, 2.05) is 42.5 Å². The second-order valence-electron chi connectivity index (χ2n) is 7.00. The Morgan fingerprint density at radius 1 is 1.14 bits per heavy atom. The molecule has 28 heavy (non-hydrogen) atoms. The molecule has 4 rings (SSSR count). The minimum atomic E-state index is -0.0509. The molecular formula is C22H24N4O2. The van der Waals surface area contributed by atoms with Crippen molar-refractivity contribution >= 4 is 5.91 Å². The Morgan fingerprint density at radius 3 is 2.68 bits per heavy atom. The van der Waals surface area contributed by atoms with Crippen molar-refractivity contribution in [3.05, 3.63) is 60.2 Å². The number of benzene rings is 2. The molecule has 1 fully saturated rings. The summed E-state index contributed by atoms with van der Waals surface area (Å²) in [7, 11) is 0. The highest BCUT2D eigenvalue weighted by atomic mass is 16.5. The molecule has 6 nitrogen and oxygen atoms in total. The van der Waals surface area contributed by atoms with Crippen molar-refractivity contribution in [3.8, 4) is 22.8 Å². The summed E-state index contributed by atoms with van der Waals surface area (Å²) < 4.78 is 5.38. The fraction of sp³-hybridized carbons (Fsp3) is 0.318. The second-order valence-corrected chi connectivity index (χ2v) is 7.00. The zero-order chi connectivity index (χ0) is 19.3. The number of nitrogens with zero attached hydrogens (tertiary/aromatic N) is 3. The first-order chi connectivity index (χ1) is 13.7. The van der Waals surface area contributed by atoms with Crippen LogP contribution in [0.4, 0.5) is 0 Å². The van der Waals surface area contributed by atoms with Crippen molar-refractivity contribution < 1.29 is 9.32 Å². The molecule has 6 heteroatoms. The Kier molecular flexibility index (Phi) is 5.48. The summed E-state index contributed by atoms with van der Waals surface area (Å²) in [6.07, 6.45) is 2.35. The number of nitrogens with one attached hydrogen (secondary N) is 1. The van der Waals surface area contributed by atoms with Gasteiger partial charge in [-0.2, -0.15) is 4.98 Å². The number of amides is 1. The third-order valence-electron chi connectivity index (χ3n) is 5.26. The summed E-state index contributed by atoms with van der Waals surface area (Å²) in [6, 6.07) is 17.4. The molecule has 1 saturated heterocycles. The predicted molar refractivity (Wildman–Crippen MR) is 108 cm³/mol. The minimum absolute atomic E-state index is 0.0509. The number of rotatable bonds is 6. The van der Waals surface area contributed by atoms with Crippen LogP contribution in [-0.2, 0) is 0 Å². The highest BCUT2D eigenvalue weighted by Crippen LogP contribution is 2.22. The summed E-state index contributed by atoms with van der Waals surface area (Å²) in [4.78, 5) is 19.3. The molecule has 0 aliphatic carbocycles. The van der Waals surface area contributed by atoms with Crippen LogP contribution in [0, 0.1) is 0 Å². The molecule has 0 radical (unpaired) electrons. The molecule has 1 amide bonds. The molecule has 0 unspecified atom stereocenters. The van der Waals surface area contributed by atoms with E-state index in [0.29, 0.717) is 29.9 Å². The normalized spacial score (nSPS) is 17.0. The first-order valence-electron chi connectivity index (χ1n) is 9.76. The number of likely N-dealkylation sites (N-methyl/N-ethyl adjacent to an activating group) is 1. The van der Waals surface area contributed by atoms with E-state index >= 15 is 0 Å². The van der Waals surface area contributed by atoms with Gasteiger partial charge in [-0.25, -0.2) is 0 Å². The van der Waals surface area contributed by atoms with Gasteiger partial charge in [-0.15, -0.1) is 0 Å². The summed E-state index contributed by atoms with van der Waals surface area (Å²) in [5.41, 5.74) is 2.33.